The molecule has 1 aromatic carbocycles. The first-order valence-electron chi connectivity index (χ1n) is 7.73. The molecule has 23 heavy (non-hydrogen) atoms. The van der Waals surface area contributed by atoms with E-state index >= 15 is 0 Å². The van der Waals surface area contributed by atoms with Gasteiger partial charge in [0, 0.05) is 17.5 Å². The molecule has 0 unspecified atom stereocenters. The van der Waals surface area contributed by atoms with Gasteiger partial charge in [0.25, 0.3) is 5.91 Å². The number of rotatable bonds is 9. The molecule has 0 radical (unpaired) electrons. The number of ether oxygens (including phenoxy) is 2. The molecule has 0 heterocycles. The standard InChI is InChI=1S/C17H25NO5/c1-5-22-13-8-7-12(11-14(13)23-6-2)16(21)18-17(3,4)10-9-15(19)20/h7-8,11H,5-6,9-10H2,1-4H3,(H,18,21)(H,19,20). The normalized spacial score (nSPS) is 11.0. The molecule has 0 bridgehead atoms. The molecule has 0 aromatic heterocycles. The van der Waals surface area contributed by atoms with Gasteiger partial charge in [0.15, 0.2) is 11.5 Å². The minimum atomic E-state index is -0.882. The van der Waals surface area contributed by atoms with Gasteiger partial charge in [0.2, 0.25) is 0 Å². The van der Waals surface area contributed by atoms with Crippen LogP contribution in [0.25, 0.3) is 0 Å². The molecule has 0 saturated heterocycles. The van der Waals surface area contributed by atoms with Crippen LogP contribution in [0.2, 0.25) is 0 Å². The summed E-state index contributed by atoms with van der Waals surface area (Å²) in [6, 6.07) is 5.00. The van der Waals surface area contributed by atoms with Crippen molar-refractivity contribution in [1.82, 2.24) is 5.32 Å². The number of carbonyl (C=O) groups is 2. The minimum Gasteiger partial charge on any atom is -0.490 e. The molecule has 128 valence electrons. The summed E-state index contributed by atoms with van der Waals surface area (Å²) < 4.78 is 11.0. The fraction of sp³-hybridized carbons (Fsp3) is 0.529. The number of hydrogen-bond acceptors (Lipinski definition) is 4. The van der Waals surface area contributed by atoms with Gasteiger partial charge in [-0.1, -0.05) is 0 Å². The lowest BCUT2D eigenvalue weighted by Crippen LogP contribution is -2.43. The highest BCUT2D eigenvalue weighted by atomic mass is 16.5. The molecule has 6 nitrogen and oxygen atoms in total. The third-order valence-electron chi connectivity index (χ3n) is 3.22. The molecule has 0 atom stereocenters. The zero-order valence-electron chi connectivity index (χ0n) is 14.1. The number of carboxylic acid groups (broad SMARTS) is 1. The molecule has 2 N–H and O–H groups in total. The average Bonchev–Trinajstić information content (AvgIpc) is 2.47. The Labute approximate surface area is 136 Å². The maximum Gasteiger partial charge on any atom is 0.303 e. The van der Waals surface area contributed by atoms with Crippen LogP contribution in [0.4, 0.5) is 0 Å². The third kappa shape index (κ3) is 6.18. The van der Waals surface area contributed by atoms with E-state index in [9.17, 15) is 9.59 Å². The van der Waals surface area contributed by atoms with Crippen molar-refractivity contribution in [2.75, 3.05) is 13.2 Å². The van der Waals surface area contributed by atoms with E-state index in [4.69, 9.17) is 14.6 Å². The highest BCUT2D eigenvalue weighted by Crippen LogP contribution is 2.28. The van der Waals surface area contributed by atoms with Gasteiger partial charge < -0.3 is 19.9 Å². The first kappa shape index (κ1) is 18.8. The molecule has 6 heteroatoms. The number of aliphatic carboxylic acids is 1. The lowest BCUT2D eigenvalue weighted by atomic mass is 9.97. The second-order valence-corrected chi connectivity index (χ2v) is 5.76. The van der Waals surface area contributed by atoms with Crippen LogP contribution < -0.4 is 14.8 Å². The van der Waals surface area contributed by atoms with Crippen LogP contribution in [0.5, 0.6) is 11.5 Å². The Hall–Kier alpha value is -2.24. The Morgan fingerprint density at radius 1 is 1.13 bits per heavy atom. The summed E-state index contributed by atoms with van der Waals surface area (Å²) >= 11 is 0. The van der Waals surface area contributed by atoms with Crippen LogP contribution in [0.15, 0.2) is 18.2 Å². The minimum absolute atomic E-state index is 0.000748. The van der Waals surface area contributed by atoms with E-state index in [1.165, 1.54) is 0 Å². The van der Waals surface area contributed by atoms with Crippen LogP contribution >= 0.6 is 0 Å². The Balaban J connectivity index is 2.86. The topological polar surface area (TPSA) is 84.9 Å². The predicted molar refractivity (Wildman–Crippen MR) is 87.2 cm³/mol. The smallest absolute Gasteiger partial charge is 0.303 e. The van der Waals surface area contributed by atoms with Crippen molar-refractivity contribution < 1.29 is 24.2 Å². The van der Waals surface area contributed by atoms with Crippen molar-refractivity contribution in [3.8, 4) is 11.5 Å². The third-order valence-corrected chi connectivity index (χ3v) is 3.22. The first-order valence-corrected chi connectivity index (χ1v) is 7.73. The molecular formula is C17H25NO5. The summed E-state index contributed by atoms with van der Waals surface area (Å²) in [7, 11) is 0. The van der Waals surface area contributed by atoms with Gasteiger partial charge >= 0.3 is 5.97 Å². The second kappa shape index (κ2) is 8.41. The maximum absolute atomic E-state index is 12.4. The fourth-order valence-corrected chi connectivity index (χ4v) is 2.05. The molecule has 1 rings (SSSR count). The van der Waals surface area contributed by atoms with Crippen LogP contribution in [0.3, 0.4) is 0 Å². The van der Waals surface area contributed by atoms with Crippen LogP contribution in [-0.2, 0) is 4.79 Å². The molecule has 0 aliphatic heterocycles. The summed E-state index contributed by atoms with van der Waals surface area (Å²) in [5, 5.41) is 11.6. The zero-order chi connectivity index (χ0) is 17.5. The summed E-state index contributed by atoms with van der Waals surface area (Å²) in [5.74, 6) is -0.0437. The number of benzene rings is 1. The van der Waals surface area contributed by atoms with Crippen LogP contribution in [0, 0.1) is 0 Å². The number of nitrogens with one attached hydrogen (secondary N) is 1. The molecule has 0 aliphatic rings. The molecule has 0 aliphatic carbocycles. The summed E-state index contributed by atoms with van der Waals surface area (Å²) in [4.78, 5) is 23.0. The SMILES string of the molecule is CCOc1ccc(C(=O)NC(C)(C)CCC(=O)O)cc1OCC. The maximum atomic E-state index is 12.4. The zero-order valence-corrected chi connectivity index (χ0v) is 14.1. The van der Waals surface area contributed by atoms with E-state index in [2.05, 4.69) is 5.32 Å². The second-order valence-electron chi connectivity index (χ2n) is 5.76. The highest BCUT2D eigenvalue weighted by Gasteiger charge is 2.23. The van der Waals surface area contributed by atoms with Gasteiger partial charge in [0.1, 0.15) is 0 Å². The van der Waals surface area contributed by atoms with Crippen molar-refractivity contribution in [1.29, 1.82) is 0 Å². The summed E-state index contributed by atoms with van der Waals surface area (Å²) in [6.07, 6.45) is 0.351. The van der Waals surface area contributed by atoms with E-state index in [0.717, 1.165) is 0 Å². The Morgan fingerprint density at radius 3 is 2.30 bits per heavy atom. The van der Waals surface area contributed by atoms with Gasteiger partial charge in [-0.15, -0.1) is 0 Å². The van der Waals surface area contributed by atoms with Crippen molar-refractivity contribution in [2.24, 2.45) is 0 Å². The largest absolute Gasteiger partial charge is 0.490 e. The lowest BCUT2D eigenvalue weighted by Gasteiger charge is -2.25. The van der Waals surface area contributed by atoms with Gasteiger partial charge in [-0.05, 0) is 52.3 Å². The Bertz CT molecular complexity index is 554. The van der Waals surface area contributed by atoms with E-state index in [1.807, 2.05) is 13.8 Å². The Kier molecular flexibility index (Phi) is 6.88. The predicted octanol–water partition coefficient (Wildman–Crippen LogP) is 2.86. The first-order chi connectivity index (χ1) is 10.8. The summed E-state index contributed by atoms with van der Waals surface area (Å²) in [6.45, 7) is 8.31. The molecule has 0 spiro atoms. The van der Waals surface area contributed by atoms with Crippen molar-refractivity contribution in [3.05, 3.63) is 23.8 Å². The van der Waals surface area contributed by atoms with Crippen molar-refractivity contribution in [3.63, 3.8) is 0 Å². The Morgan fingerprint density at radius 2 is 1.74 bits per heavy atom. The highest BCUT2D eigenvalue weighted by molar-refractivity contribution is 5.95. The molecular weight excluding hydrogens is 298 g/mol. The molecule has 1 aromatic rings. The average molecular weight is 323 g/mol. The number of amides is 1. The van der Waals surface area contributed by atoms with Crippen molar-refractivity contribution in [2.45, 2.75) is 46.1 Å². The molecule has 1 amide bonds. The van der Waals surface area contributed by atoms with E-state index in [1.54, 1.807) is 32.0 Å². The van der Waals surface area contributed by atoms with Crippen LogP contribution in [0.1, 0.15) is 50.9 Å². The number of carbonyl (C=O) groups excluding carboxylic acids is 1. The number of hydrogen-bond donors (Lipinski definition) is 2. The lowest BCUT2D eigenvalue weighted by molar-refractivity contribution is -0.137. The van der Waals surface area contributed by atoms with Gasteiger partial charge in [-0.3, -0.25) is 9.59 Å². The van der Waals surface area contributed by atoms with Gasteiger partial charge in [0.05, 0.1) is 13.2 Å². The van der Waals surface area contributed by atoms with E-state index in [0.29, 0.717) is 36.7 Å². The summed E-state index contributed by atoms with van der Waals surface area (Å²) in [5.41, 5.74) is -0.167. The number of carboxylic acids is 1. The van der Waals surface area contributed by atoms with E-state index < -0.39 is 11.5 Å². The van der Waals surface area contributed by atoms with E-state index in [-0.39, 0.29) is 12.3 Å². The molecule has 0 saturated carbocycles. The van der Waals surface area contributed by atoms with Crippen LogP contribution in [-0.4, -0.2) is 35.7 Å². The monoisotopic (exact) mass is 323 g/mol. The quantitative estimate of drug-likeness (QED) is 0.730. The van der Waals surface area contributed by atoms with Crippen molar-refractivity contribution >= 4 is 11.9 Å². The fourth-order valence-electron chi connectivity index (χ4n) is 2.05. The molecule has 0 fully saturated rings. The van der Waals surface area contributed by atoms with Gasteiger partial charge in [-0.2, -0.15) is 0 Å². The van der Waals surface area contributed by atoms with Gasteiger partial charge in [-0.25, -0.2) is 0 Å².